The van der Waals surface area contributed by atoms with Crippen LogP contribution < -0.4 is 5.32 Å². The Labute approximate surface area is 136 Å². The van der Waals surface area contributed by atoms with E-state index >= 15 is 0 Å². The molecular weight excluding hydrogens is 272 g/mol. The molecule has 0 spiro atoms. The molecule has 0 aromatic carbocycles. The van der Waals surface area contributed by atoms with E-state index in [0.717, 1.165) is 24.8 Å². The molecule has 0 aromatic rings. The first-order valence-corrected chi connectivity index (χ1v) is 9.84. The third-order valence-electron chi connectivity index (χ3n) is 6.40. The van der Waals surface area contributed by atoms with Gasteiger partial charge in [0.1, 0.15) is 0 Å². The van der Waals surface area contributed by atoms with Gasteiger partial charge >= 0.3 is 0 Å². The highest BCUT2D eigenvalue weighted by molar-refractivity contribution is 4.88. The Hall–Kier alpha value is -0.120. The molecule has 3 atom stereocenters. The van der Waals surface area contributed by atoms with Gasteiger partial charge in [-0.25, -0.2) is 0 Å². The van der Waals surface area contributed by atoms with Gasteiger partial charge in [-0.05, 0) is 63.3 Å². The molecule has 2 aliphatic carbocycles. The molecule has 3 unspecified atom stereocenters. The molecule has 0 aromatic heterocycles. The van der Waals surface area contributed by atoms with Gasteiger partial charge in [-0.2, -0.15) is 0 Å². The summed E-state index contributed by atoms with van der Waals surface area (Å²) in [5.74, 6) is 2.29. The van der Waals surface area contributed by atoms with E-state index in [1.54, 1.807) is 0 Å². The second kappa shape index (κ2) is 8.12. The summed E-state index contributed by atoms with van der Waals surface area (Å²) >= 11 is 0. The van der Waals surface area contributed by atoms with E-state index in [0.29, 0.717) is 12.0 Å². The number of aliphatic hydroxyl groups is 1. The Morgan fingerprint density at radius 3 is 2.27 bits per heavy atom. The predicted molar refractivity (Wildman–Crippen MR) is 91.9 cm³/mol. The first-order valence-electron chi connectivity index (χ1n) is 9.84. The predicted octanol–water partition coefficient (Wildman–Crippen LogP) is 3.03. The number of hydrogen-bond donors (Lipinski definition) is 2. The number of hydrogen-bond acceptors (Lipinski definition) is 3. The number of aliphatic hydroxyl groups excluding tert-OH is 1. The van der Waals surface area contributed by atoms with Crippen molar-refractivity contribution in [1.82, 2.24) is 10.2 Å². The van der Waals surface area contributed by atoms with Crippen LogP contribution in [0.4, 0.5) is 0 Å². The molecule has 3 fully saturated rings. The third kappa shape index (κ3) is 4.69. The molecule has 1 heterocycles. The highest BCUT2D eigenvalue weighted by atomic mass is 16.3. The first kappa shape index (κ1) is 16.7. The largest absolute Gasteiger partial charge is 0.393 e. The van der Waals surface area contributed by atoms with Gasteiger partial charge in [0.15, 0.2) is 0 Å². The summed E-state index contributed by atoms with van der Waals surface area (Å²) < 4.78 is 0. The molecule has 3 nitrogen and oxygen atoms in total. The highest BCUT2D eigenvalue weighted by Crippen LogP contribution is 2.29. The van der Waals surface area contributed by atoms with E-state index in [1.165, 1.54) is 71.0 Å². The molecule has 2 N–H and O–H groups in total. The van der Waals surface area contributed by atoms with Crippen LogP contribution in [0.25, 0.3) is 0 Å². The molecular formula is C19H36N2O. The molecule has 1 aliphatic heterocycles. The molecule has 0 amide bonds. The lowest BCUT2D eigenvalue weighted by atomic mass is 9.89. The van der Waals surface area contributed by atoms with Crippen LogP contribution in [-0.4, -0.2) is 48.3 Å². The monoisotopic (exact) mass is 308 g/mol. The summed E-state index contributed by atoms with van der Waals surface area (Å²) in [4.78, 5) is 2.66. The van der Waals surface area contributed by atoms with Gasteiger partial charge < -0.3 is 15.3 Å². The zero-order valence-corrected chi connectivity index (χ0v) is 14.5. The number of piperidine rings is 1. The quantitative estimate of drug-likeness (QED) is 0.792. The maximum absolute atomic E-state index is 10.1. The van der Waals surface area contributed by atoms with Crippen molar-refractivity contribution in [3.8, 4) is 0 Å². The van der Waals surface area contributed by atoms with E-state index in [4.69, 9.17) is 0 Å². The van der Waals surface area contributed by atoms with Crippen LogP contribution in [0, 0.1) is 17.8 Å². The average molecular weight is 309 g/mol. The Kier molecular flexibility index (Phi) is 6.17. The maximum Gasteiger partial charge on any atom is 0.0553 e. The van der Waals surface area contributed by atoms with Gasteiger partial charge in [0, 0.05) is 25.7 Å². The van der Waals surface area contributed by atoms with Crippen LogP contribution in [-0.2, 0) is 0 Å². The lowest BCUT2D eigenvalue weighted by Gasteiger charge is -2.40. The molecule has 1 saturated heterocycles. The van der Waals surface area contributed by atoms with Crippen LogP contribution >= 0.6 is 0 Å². The lowest BCUT2D eigenvalue weighted by molar-refractivity contribution is 0.0412. The maximum atomic E-state index is 10.1. The minimum absolute atomic E-state index is 0.165. The topological polar surface area (TPSA) is 35.5 Å². The molecule has 3 heteroatoms. The van der Waals surface area contributed by atoms with Crippen LogP contribution in [0.1, 0.15) is 64.7 Å². The average Bonchev–Trinajstić information content (AvgIpc) is 3.18. The van der Waals surface area contributed by atoms with Gasteiger partial charge in [-0.3, -0.25) is 0 Å². The van der Waals surface area contributed by atoms with Crippen molar-refractivity contribution in [2.75, 3.05) is 26.2 Å². The van der Waals surface area contributed by atoms with Gasteiger partial charge in [0.2, 0.25) is 0 Å². The van der Waals surface area contributed by atoms with Crippen molar-refractivity contribution in [1.29, 1.82) is 0 Å². The summed E-state index contributed by atoms with van der Waals surface area (Å²) in [7, 11) is 0. The molecule has 128 valence electrons. The molecule has 3 aliphatic rings. The highest BCUT2D eigenvalue weighted by Gasteiger charge is 2.31. The fraction of sp³-hybridized carbons (Fsp3) is 1.00. The summed E-state index contributed by atoms with van der Waals surface area (Å²) in [6, 6.07) is 0.593. The van der Waals surface area contributed by atoms with Crippen molar-refractivity contribution < 1.29 is 5.11 Å². The fourth-order valence-electron chi connectivity index (χ4n) is 4.98. The lowest BCUT2D eigenvalue weighted by Crippen LogP contribution is -2.52. The van der Waals surface area contributed by atoms with Gasteiger partial charge in [-0.15, -0.1) is 0 Å². The van der Waals surface area contributed by atoms with Crippen molar-refractivity contribution in [3.63, 3.8) is 0 Å². The standard InChI is InChI=1S/C19H36N2O/c1-15(22)18-10-19(20-11-16-6-2-3-7-16)14-21(13-18)12-17-8-4-5-9-17/h15-20,22H,2-14H2,1H3. The minimum atomic E-state index is -0.165. The zero-order valence-electron chi connectivity index (χ0n) is 14.5. The Bertz CT molecular complexity index is 319. The van der Waals surface area contributed by atoms with Crippen LogP contribution in [0.5, 0.6) is 0 Å². The van der Waals surface area contributed by atoms with Gasteiger partial charge in [0.05, 0.1) is 6.10 Å². The number of rotatable bonds is 6. The van der Waals surface area contributed by atoms with Gasteiger partial charge in [0.25, 0.3) is 0 Å². The molecule has 0 bridgehead atoms. The van der Waals surface area contributed by atoms with E-state index in [9.17, 15) is 5.11 Å². The van der Waals surface area contributed by atoms with E-state index in [-0.39, 0.29) is 6.10 Å². The Morgan fingerprint density at radius 2 is 1.64 bits per heavy atom. The van der Waals surface area contributed by atoms with Crippen molar-refractivity contribution in [2.45, 2.75) is 76.9 Å². The smallest absolute Gasteiger partial charge is 0.0553 e. The van der Waals surface area contributed by atoms with Crippen molar-refractivity contribution in [3.05, 3.63) is 0 Å². The number of nitrogens with one attached hydrogen (secondary N) is 1. The van der Waals surface area contributed by atoms with E-state index in [2.05, 4.69) is 10.2 Å². The van der Waals surface area contributed by atoms with Crippen LogP contribution in [0.15, 0.2) is 0 Å². The second-order valence-corrected chi connectivity index (χ2v) is 8.36. The van der Waals surface area contributed by atoms with Crippen molar-refractivity contribution in [2.24, 2.45) is 17.8 Å². The minimum Gasteiger partial charge on any atom is -0.393 e. The zero-order chi connectivity index (χ0) is 15.4. The Balaban J connectivity index is 1.49. The molecule has 2 saturated carbocycles. The van der Waals surface area contributed by atoms with E-state index in [1.807, 2.05) is 6.92 Å². The second-order valence-electron chi connectivity index (χ2n) is 8.36. The SMILES string of the molecule is CC(O)C1CC(NCC2CCCC2)CN(CC2CCCC2)C1. The van der Waals surface area contributed by atoms with Crippen molar-refractivity contribution >= 4 is 0 Å². The summed E-state index contributed by atoms with van der Waals surface area (Å²) in [5.41, 5.74) is 0. The molecule has 0 radical (unpaired) electrons. The number of likely N-dealkylation sites (tertiary alicyclic amines) is 1. The number of nitrogens with zero attached hydrogens (tertiary/aromatic N) is 1. The molecule has 3 rings (SSSR count). The summed E-state index contributed by atoms with van der Waals surface area (Å²) in [5, 5.41) is 13.9. The Morgan fingerprint density at radius 1 is 1.00 bits per heavy atom. The van der Waals surface area contributed by atoms with E-state index < -0.39 is 0 Å². The molecule has 22 heavy (non-hydrogen) atoms. The normalized spacial score (nSPS) is 33.5. The summed E-state index contributed by atoms with van der Waals surface area (Å²) in [6.07, 6.45) is 12.4. The summed E-state index contributed by atoms with van der Waals surface area (Å²) in [6.45, 7) is 6.76. The van der Waals surface area contributed by atoms with Crippen LogP contribution in [0.2, 0.25) is 0 Å². The first-order chi connectivity index (χ1) is 10.7. The van der Waals surface area contributed by atoms with Gasteiger partial charge in [-0.1, -0.05) is 25.7 Å². The van der Waals surface area contributed by atoms with Crippen LogP contribution in [0.3, 0.4) is 0 Å². The third-order valence-corrected chi connectivity index (χ3v) is 6.40. The fourth-order valence-corrected chi connectivity index (χ4v) is 4.98.